The van der Waals surface area contributed by atoms with Crippen molar-refractivity contribution in [1.29, 1.82) is 0 Å². The third-order valence-electron chi connectivity index (χ3n) is 8.93. The number of carbonyl (C=O) groups excluding carboxylic acids is 1. The molecule has 196 valence electrons. The molecule has 2 aromatic carbocycles. The minimum Gasteiger partial charge on any atom is -0.487 e. The molecular weight excluding hydrogens is 480 g/mol. The number of para-hydroxylation sites is 1. The van der Waals surface area contributed by atoms with Gasteiger partial charge in [-0.3, -0.25) is 14.6 Å². The summed E-state index contributed by atoms with van der Waals surface area (Å²) in [7, 11) is 4.12. The van der Waals surface area contributed by atoms with E-state index < -0.39 is 4.99 Å². The highest BCUT2D eigenvalue weighted by Gasteiger charge is 2.36. The van der Waals surface area contributed by atoms with Gasteiger partial charge in [-0.25, -0.2) is 0 Å². The highest BCUT2D eigenvalue weighted by molar-refractivity contribution is 7.81. The standard InChI is InChI=1S/C30H38N4O2S/c1-19-32(3)17-22-18-34-25-16-21(29(35)31-30(2,37)33(19)4)14-15-23(25)27(20-10-6-5-7-11-20)28(34)24-12-8-9-13-26(24)36-22/h8-9,12-16,19-20,22,37H,5-7,10-11,17-18H2,1-4H3,(H,31,35). The molecule has 3 heterocycles. The van der Waals surface area contributed by atoms with Gasteiger partial charge in [0.1, 0.15) is 16.8 Å². The van der Waals surface area contributed by atoms with Crippen molar-refractivity contribution in [2.45, 2.75) is 75.7 Å². The second kappa shape index (κ2) is 9.37. The number of hydrogen-bond acceptors (Lipinski definition) is 5. The Labute approximate surface area is 225 Å². The number of fused-ring (bicyclic) bond motifs is 4. The van der Waals surface area contributed by atoms with Crippen LogP contribution < -0.4 is 10.1 Å². The van der Waals surface area contributed by atoms with E-state index in [1.807, 2.05) is 20.0 Å². The van der Waals surface area contributed by atoms with Crippen LogP contribution in [0, 0.1) is 0 Å². The van der Waals surface area contributed by atoms with Crippen molar-refractivity contribution >= 4 is 29.4 Å². The Kier molecular flexibility index (Phi) is 6.29. The van der Waals surface area contributed by atoms with Crippen molar-refractivity contribution in [1.82, 2.24) is 19.7 Å². The van der Waals surface area contributed by atoms with Gasteiger partial charge in [0.05, 0.1) is 18.4 Å². The van der Waals surface area contributed by atoms with E-state index >= 15 is 0 Å². The average Bonchev–Trinajstić information content (AvgIpc) is 3.11. The van der Waals surface area contributed by atoms with Crippen LogP contribution in [0.3, 0.4) is 0 Å². The summed E-state index contributed by atoms with van der Waals surface area (Å²) in [5.41, 5.74) is 5.66. The molecule has 1 aliphatic carbocycles. The third-order valence-corrected chi connectivity index (χ3v) is 9.36. The van der Waals surface area contributed by atoms with Crippen LogP contribution in [0.1, 0.15) is 67.8 Å². The molecule has 2 aliphatic heterocycles. The summed E-state index contributed by atoms with van der Waals surface area (Å²) in [5, 5.41) is 4.43. The lowest BCUT2D eigenvalue weighted by Gasteiger charge is -2.43. The molecule has 1 N–H and O–H groups in total. The second-order valence-corrected chi connectivity index (χ2v) is 12.2. The summed E-state index contributed by atoms with van der Waals surface area (Å²) in [4.78, 5) is 17.1. The lowest BCUT2D eigenvalue weighted by Crippen LogP contribution is -2.60. The highest BCUT2D eigenvalue weighted by Crippen LogP contribution is 2.47. The van der Waals surface area contributed by atoms with Crippen LogP contribution in [-0.4, -0.2) is 58.2 Å². The molecule has 3 aliphatic rings. The summed E-state index contributed by atoms with van der Waals surface area (Å²) in [6.45, 7) is 5.56. The molecule has 4 bridgehead atoms. The van der Waals surface area contributed by atoms with Crippen molar-refractivity contribution in [2.24, 2.45) is 0 Å². The van der Waals surface area contributed by atoms with E-state index in [-0.39, 0.29) is 18.2 Å². The van der Waals surface area contributed by atoms with Gasteiger partial charge in [-0.15, -0.1) is 12.6 Å². The summed E-state index contributed by atoms with van der Waals surface area (Å²) in [5.74, 6) is 1.36. The molecule has 6 rings (SSSR count). The van der Waals surface area contributed by atoms with Crippen molar-refractivity contribution in [2.75, 3.05) is 20.6 Å². The minimum absolute atomic E-state index is 0.0238. The van der Waals surface area contributed by atoms with E-state index in [4.69, 9.17) is 17.4 Å². The largest absolute Gasteiger partial charge is 0.487 e. The molecule has 3 atom stereocenters. The Hall–Kier alpha value is -2.48. The molecular formula is C30H38N4O2S. The lowest BCUT2D eigenvalue weighted by molar-refractivity contribution is 0.0171. The number of nitrogens with zero attached hydrogens (tertiary/aromatic N) is 3. The second-order valence-electron chi connectivity index (χ2n) is 11.3. The van der Waals surface area contributed by atoms with Crippen LogP contribution in [0.15, 0.2) is 42.5 Å². The topological polar surface area (TPSA) is 49.7 Å². The van der Waals surface area contributed by atoms with Gasteiger partial charge >= 0.3 is 0 Å². The minimum atomic E-state index is -0.825. The number of nitrogens with one attached hydrogen (secondary N) is 1. The first kappa shape index (κ1) is 24.8. The van der Waals surface area contributed by atoms with E-state index in [0.29, 0.717) is 11.5 Å². The van der Waals surface area contributed by atoms with E-state index in [1.165, 1.54) is 48.7 Å². The fraction of sp³-hybridized carbons (Fsp3) is 0.500. The van der Waals surface area contributed by atoms with Crippen LogP contribution in [0.5, 0.6) is 5.75 Å². The third kappa shape index (κ3) is 4.25. The zero-order valence-corrected chi connectivity index (χ0v) is 23.2. The molecule has 7 heteroatoms. The van der Waals surface area contributed by atoms with Crippen LogP contribution >= 0.6 is 12.6 Å². The number of ether oxygens (including phenoxy) is 1. The zero-order chi connectivity index (χ0) is 25.9. The lowest BCUT2D eigenvalue weighted by atomic mass is 9.81. The number of rotatable bonds is 1. The van der Waals surface area contributed by atoms with Crippen LogP contribution in [0.25, 0.3) is 22.2 Å². The van der Waals surface area contributed by atoms with Gasteiger partial charge in [0.25, 0.3) is 5.91 Å². The molecule has 6 nitrogen and oxygen atoms in total. The average molecular weight is 519 g/mol. The number of likely N-dealkylation sites (N-methyl/N-ethyl adjacent to an activating group) is 1. The maximum Gasteiger partial charge on any atom is 0.253 e. The maximum absolute atomic E-state index is 13.5. The fourth-order valence-electron chi connectivity index (χ4n) is 6.59. The van der Waals surface area contributed by atoms with Crippen LogP contribution in [0.4, 0.5) is 0 Å². The quantitative estimate of drug-likeness (QED) is 0.408. The van der Waals surface area contributed by atoms with Gasteiger partial charge < -0.3 is 14.6 Å². The first-order valence-electron chi connectivity index (χ1n) is 13.6. The fourth-order valence-corrected chi connectivity index (χ4v) is 6.86. The Bertz CT molecular complexity index is 1340. The van der Waals surface area contributed by atoms with Gasteiger partial charge in [0.15, 0.2) is 0 Å². The molecule has 37 heavy (non-hydrogen) atoms. The van der Waals surface area contributed by atoms with Gasteiger partial charge in [-0.05, 0) is 76.5 Å². The van der Waals surface area contributed by atoms with Gasteiger partial charge in [-0.1, -0.05) is 37.5 Å². The molecule has 0 radical (unpaired) electrons. The molecule has 0 spiro atoms. The van der Waals surface area contributed by atoms with Crippen LogP contribution in [0.2, 0.25) is 0 Å². The summed E-state index contributed by atoms with van der Waals surface area (Å²) < 4.78 is 9.21. The monoisotopic (exact) mass is 518 g/mol. The Morgan fingerprint density at radius 1 is 1.05 bits per heavy atom. The number of carbonyl (C=O) groups is 1. The first-order valence-corrected chi connectivity index (χ1v) is 14.1. The van der Waals surface area contributed by atoms with E-state index in [2.05, 4.69) is 70.1 Å². The number of hydrogen-bond donors (Lipinski definition) is 2. The zero-order valence-electron chi connectivity index (χ0n) is 22.3. The van der Waals surface area contributed by atoms with Gasteiger partial charge in [-0.2, -0.15) is 0 Å². The summed E-state index contributed by atoms with van der Waals surface area (Å²) in [6.07, 6.45) is 6.27. The van der Waals surface area contributed by atoms with E-state index in [0.717, 1.165) is 29.9 Å². The number of benzene rings is 2. The molecule has 1 fully saturated rings. The predicted molar refractivity (Wildman–Crippen MR) is 152 cm³/mol. The molecule has 3 unspecified atom stereocenters. The Morgan fingerprint density at radius 2 is 1.81 bits per heavy atom. The first-order chi connectivity index (χ1) is 17.7. The van der Waals surface area contributed by atoms with E-state index in [1.54, 1.807) is 0 Å². The Morgan fingerprint density at radius 3 is 2.59 bits per heavy atom. The molecule has 1 saturated carbocycles. The van der Waals surface area contributed by atoms with E-state index in [9.17, 15) is 4.79 Å². The van der Waals surface area contributed by atoms with Gasteiger partial charge in [0, 0.05) is 28.6 Å². The molecule has 1 aromatic heterocycles. The number of thiol groups is 1. The van der Waals surface area contributed by atoms with Crippen molar-refractivity contribution in [3.8, 4) is 17.0 Å². The number of amides is 1. The van der Waals surface area contributed by atoms with Crippen LogP contribution in [-0.2, 0) is 6.54 Å². The van der Waals surface area contributed by atoms with Crippen molar-refractivity contribution < 1.29 is 9.53 Å². The summed E-state index contributed by atoms with van der Waals surface area (Å²) >= 11 is 4.87. The van der Waals surface area contributed by atoms with Gasteiger partial charge in [0.2, 0.25) is 0 Å². The summed E-state index contributed by atoms with van der Waals surface area (Å²) in [6, 6.07) is 14.8. The Balaban J connectivity index is 1.62. The highest BCUT2D eigenvalue weighted by atomic mass is 32.1. The SMILES string of the molecule is CC1N(C)CC2Cn3c(c(C4CCCCC4)c4ccc(cc43)C(=O)NC(C)(S)N1C)-c1ccccc1O2. The molecule has 3 aromatic rings. The van der Waals surface area contributed by atoms with Crippen molar-refractivity contribution in [3.05, 3.63) is 53.6 Å². The normalized spacial score (nSPS) is 27.6. The number of aromatic nitrogens is 1. The maximum atomic E-state index is 13.5. The smallest absolute Gasteiger partial charge is 0.253 e. The molecule has 1 amide bonds. The molecule has 0 saturated heterocycles. The van der Waals surface area contributed by atoms with Crippen molar-refractivity contribution in [3.63, 3.8) is 0 Å². The predicted octanol–water partition coefficient (Wildman–Crippen LogP) is 5.67.